The molecule has 104 valence electrons. The molecule has 1 atom stereocenters. The Morgan fingerprint density at radius 2 is 1.67 bits per heavy atom. The molecular formula is C14H25NOS2. The Morgan fingerprint density at radius 3 is 2.39 bits per heavy atom. The van der Waals surface area contributed by atoms with Crippen molar-refractivity contribution < 1.29 is 5.11 Å². The summed E-state index contributed by atoms with van der Waals surface area (Å²) in [5, 5.41) is 14.6. The molecule has 4 heteroatoms. The van der Waals surface area contributed by atoms with Crippen LogP contribution in [0.5, 0.6) is 0 Å². The van der Waals surface area contributed by atoms with Gasteiger partial charge in [-0.15, -0.1) is 23.5 Å². The van der Waals surface area contributed by atoms with Crippen molar-refractivity contribution in [2.75, 3.05) is 18.1 Å². The molecule has 1 aliphatic carbocycles. The van der Waals surface area contributed by atoms with E-state index in [1.54, 1.807) is 0 Å². The summed E-state index contributed by atoms with van der Waals surface area (Å²) >= 11 is 4.06. The number of rotatable bonds is 0. The van der Waals surface area contributed by atoms with Gasteiger partial charge in [0, 0.05) is 5.54 Å². The molecule has 1 saturated carbocycles. The SMILES string of the molecule is OC1CC2(CCCCC2)NCCC12SCCCS2. The Hall–Kier alpha value is 0.620. The van der Waals surface area contributed by atoms with Crippen molar-refractivity contribution in [3.05, 3.63) is 0 Å². The first kappa shape index (κ1) is 13.6. The van der Waals surface area contributed by atoms with Gasteiger partial charge in [0.15, 0.2) is 0 Å². The molecular weight excluding hydrogens is 262 g/mol. The highest BCUT2D eigenvalue weighted by Crippen LogP contribution is 2.51. The van der Waals surface area contributed by atoms with Crippen LogP contribution in [0.25, 0.3) is 0 Å². The van der Waals surface area contributed by atoms with E-state index in [9.17, 15) is 5.11 Å². The van der Waals surface area contributed by atoms with E-state index >= 15 is 0 Å². The smallest absolute Gasteiger partial charge is 0.0881 e. The summed E-state index contributed by atoms with van der Waals surface area (Å²) in [6.07, 6.45) is 9.90. The molecule has 0 amide bonds. The van der Waals surface area contributed by atoms with Crippen LogP contribution in [0.4, 0.5) is 0 Å². The topological polar surface area (TPSA) is 32.3 Å². The van der Waals surface area contributed by atoms with Crippen molar-refractivity contribution in [3.8, 4) is 0 Å². The van der Waals surface area contributed by atoms with Crippen molar-refractivity contribution in [2.24, 2.45) is 0 Å². The van der Waals surface area contributed by atoms with E-state index < -0.39 is 0 Å². The first-order chi connectivity index (χ1) is 8.75. The highest BCUT2D eigenvalue weighted by Gasteiger charge is 2.47. The molecule has 2 saturated heterocycles. The largest absolute Gasteiger partial charge is 0.391 e. The second kappa shape index (κ2) is 5.55. The van der Waals surface area contributed by atoms with Crippen LogP contribution in [0.2, 0.25) is 0 Å². The molecule has 18 heavy (non-hydrogen) atoms. The van der Waals surface area contributed by atoms with Gasteiger partial charge in [-0.05, 0) is 50.2 Å². The molecule has 2 aliphatic heterocycles. The number of hydrogen-bond acceptors (Lipinski definition) is 4. The lowest BCUT2D eigenvalue weighted by Crippen LogP contribution is -2.48. The second-order valence-electron chi connectivity index (χ2n) is 6.10. The molecule has 0 radical (unpaired) electrons. The van der Waals surface area contributed by atoms with Gasteiger partial charge in [0.2, 0.25) is 0 Å². The first-order valence-electron chi connectivity index (χ1n) is 7.46. The zero-order chi connectivity index (χ0) is 12.5. The fourth-order valence-corrected chi connectivity index (χ4v) is 7.13. The Balaban J connectivity index is 1.74. The summed E-state index contributed by atoms with van der Waals surface area (Å²) in [5.74, 6) is 2.47. The van der Waals surface area contributed by atoms with Crippen LogP contribution in [-0.2, 0) is 0 Å². The summed E-state index contributed by atoms with van der Waals surface area (Å²) in [7, 11) is 0. The normalized spacial score (nSPS) is 35.5. The Kier molecular flexibility index (Phi) is 4.19. The van der Waals surface area contributed by atoms with Gasteiger partial charge in [-0.25, -0.2) is 0 Å². The maximum absolute atomic E-state index is 10.8. The Labute approximate surface area is 119 Å². The van der Waals surface area contributed by atoms with Crippen molar-refractivity contribution in [1.82, 2.24) is 5.32 Å². The van der Waals surface area contributed by atoms with E-state index in [0.717, 1.165) is 19.4 Å². The van der Waals surface area contributed by atoms with Crippen LogP contribution >= 0.6 is 23.5 Å². The maximum atomic E-state index is 10.8. The molecule has 0 bridgehead atoms. The van der Waals surface area contributed by atoms with Gasteiger partial charge in [0.25, 0.3) is 0 Å². The van der Waals surface area contributed by atoms with Gasteiger partial charge in [-0.3, -0.25) is 0 Å². The monoisotopic (exact) mass is 287 g/mol. The lowest BCUT2D eigenvalue weighted by atomic mass is 9.78. The summed E-state index contributed by atoms with van der Waals surface area (Å²) < 4.78 is 0.103. The zero-order valence-electron chi connectivity index (χ0n) is 11.1. The van der Waals surface area contributed by atoms with Crippen molar-refractivity contribution in [1.29, 1.82) is 0 Å². The van der Waals surface area contributed by atoms with Gasteiger partial charge in [0.05, 0.1) is 10.2 Å². The molecule has 3 fully saturated rings. The van der Waals surface area contributed by atoms with Crippen LogP contribution in [0.1, 0.15) is 51.4 Å². The van der Waals surface area contributed by atoms with Crippen molar-refractivity contribution in [2.45, 2.75) is 67.1 Å². The summed E-state index contributed by atoms with van der Waals surface area (Å²) in [6.45, 7) is 1.09. The fraction of sp³-hybridized carbons (Fsp3) is 1.00. The quantitative estimate of drug-likeness (QED) is 0.717. The predicted octanol–water partition coefficient (Wildman–Crippen LogP) is 3.00. The van der Waals surface area contributed by atoms with Crippen LogP contribution < -0.4 is 5.32 Å². The third-order valence-electron chi connectivity index (χ3n) is 4.86. The first-order valence-corrected chi connectivity index (χ1v) is 9.43. The number of aliphatic hydroxyl groups is 1. The molecule has 2 heterocycles. The van der Waals surface area contributed by atoms with E-state index in [1.165, 1.54) is 50.0 Å². The average molecular weight is 287 g/mol. The highest BCUT2D eigenvalue weighted by atomic mass is 32.2. The van der Waals surface area contributed by atoms with E-state index in [0.29, 0.717) is 0 Å². The minimum Gasteiger partial charge on any atom is -0.391 e. The van der Waals surface area contributed by atoms with Gasteiger partial charge in [0.1, 0.15) is 0 Å². The second-order valence-corrected chi connectivity index (χ2v) is 9.21. The molecule has 0 aromatic carbocycles. The Morgan fingerprint density at radius 1 is 0.944 bits per heavy atom. The number of nitrogens with one attached hydrogen (secondary N) is 1. The molecule has 3 rings (SSSR count). The van der Waals surface area contributed by atoms with Crippen LogP contribution in [0, 0.1) is 0 Å². The third-order valence-corrected chi connectivity index (χ3v) is 8.48. The summed E-state index contributed by atoms with van der Waals surface area (Å²) in [4.78, 5) is 0. The predicted molar refractivity (Wildman–Crippen MR) is 81.3 cm³/mol. The van der Waals surface area contributed by atoms with Gasteiger partial charge < -0.3 is 10.4 Å². The zero-order valence-corrected chi connectivity index (χ0v) is 12.8. The van der Waals surface area contributed by atoms with E-state index in [2.05, 4.69) is 5.32 Å². The lowest BCUT2D eigenvalue weighted by molar-refractivity contribution is 0.104. The van der Waals surface area contributed by atoms with Crippen molar-refractivity contribution in [3.63, 3.8) is 0 Å². The van der Waals surface area contributed by atoms with E-state index in [-0.39, 0.29) is 15.7 Å². The fourth-order valence-electron chi connectivity index (χ4n) is 3.80. The standard InChI is InChI=1S/C14H25NOS2/c16-12-11-13(5-2-1-3-6-13)15-8-7-14(12)17-9-4-10-18-14/h12,15-16H,1-11H2. The van der Waals surface area contributed by atoms with Crippen LogP contribution in [-0.4, -0.2) is 38.9 Å². The summed E-state index contributed by atoms with van der Waals surface area (Å²) in [6, 6.07) is 0. The van der Waals surface area contributed by atoms with Gasteiger partial charge >= 0.3 is 0 Å². The molecule has 0 aromatic rings. The van der Waals surface area contributed by atoms with Crippen molar-refractivity contribution >= 4 is 23.5 Å². The van der Waals surface area contributed by atoms with Crippen LogP contribution in [0.15, 0.2) is 0 Å². The van der Waals surface area contributed by atoms with Crippen LogP contribution in [0.3, 0.4) is 0 Å². The molecule has 0 aromatic heterocycles. The molecule has 2 N–H and O–H groups in total. The minimum absolute atomic E-state index is 0.103. The maximum Gasteiger partial charge on any atom is 0.0881 e. The number of hydrogen-bond donors (Lipinski definition) is 2. The molecule has 1 unspecified atom stereocenters. The summed E-state index contributed by atoms with van der Waals surface area (Å²) in [5.41, 5.74) is 0.264. The highest BCUT2D eigenvalue weighted by molar-refractivity contribution is 8.18. The van der Waals surface area contributed by atoms with Gasteiger partial charge in [-0.1, -0.05) is 19.3 Å². The molecule has 2 nitrogen and oxygen atoms in total. The average Bonchev–Trinajstić information content (AvgIpc) is 2.51. The van der Waals surface area contributed by atoms with E-state index in [4.69, 9.17) is 0 Å². The molecule has 3 aliphatic rings. The van der Waals surface area contributed by atoms with E-state index in [1.807, 2.05) is 23.5 Å². The molecule has 2 spiro atoms. The van der Waals surface area contributed by atoms with Gasteiger partial charge in [-0.2, -0.15) is 0 Å². The third kappa shape index (κ3) is 2.58. The Bertz CT molecular complexity index is 286. The number of aliphatic hydroxyl groups excluding tert-OH is 1. The minimum atomic E-state index is -0.124. The number of thioether (sulfide) groups is 2. The lowest BCUT2D eigenvalue weighted by Gasteiger charge is -2.42.